The second-order valence-electron chi connectivity index (χ2n) is 2.68. The first-order valence-electron chi connectivity index (χ1n) is 3.41. The minimum Gasteiger partial charge on any atom is -0.385 e. The molecular formula is C6H13N5. The summed E-state index contributed by atoms with van der Waals surface area (Å²) >= 11 is 0. The Bertz CT molecular complexity index is 209. The number of rotatable bonds is 1. The molecule has 1 aliphatic rings. The summed E-state index contributed by atoms with van der Waals surface area (Å²) in [7, 11) is 1.78. The van der Waals surface area contributed by atoms with Crippen LogP contribution in [0, 0.1) is 0 Å². The third-order valence-electron chi connectivity index (χ3n) is 2.07. The molecule has 0 saturated carbocycles. The molecule has 1 rings (SSSR count). The number of nitrogens with two attached hydrogens (primary N) is 2. The Morgan fingerprint density at radius 2 is 2.36 bits per heavy atom. The van der Waals surface area contributed by atoms with Gasteiger partial charge < -0.3 is 16.8 Å². The second kappa shape index (κ2) is 2.60. The van der Waals surface area contributed by atoms with Gasteiger partial charge in [0.2, 0.25) is 0 Å². The van der Waals surface area contributed by atoms with E-state index in [1.54, 1.807) is 7.05 Å². The SMILES string of the molecule is CNC1(C)C(N)=NC=NC1N. The van der Waals surface area contributed by atoms with E-state index in [0.717, 1.165) is 0 Å². The molecule has 5 heteroatoms. The Hall–Kier alpha value is -0.940. The molecule has 0 aliphatic carbocycles. The van der Waals surface area contributed by atoms with Crippen molar-refractivity contribution in [3.63, 3.8) is 0 Å². The molecule has 62 valence electrons. The van der Waals surface area contributed by atoms with Crippen molar-refractivity contribution in [2.24, 2.45) is 21.5 Å². The molecule has 11 heavy (non-hydrogen) atoms. The van der Waals surface area contributed by atoms with Crippen LogP contribution in [0.1, 0.15) is 6.92 Å². The molecule has 0 radical (unpaired) electrons. The average Bonchev–Trinajstić information content (AvgIpc) is 2.00. The number of aliphatic imine (C=N–C) groups is 2. The van der Waals surface area contributed by atoms with E-state index in [-0.39, 0.29) is 6.17 Å². The maximum Gasteiger partial charge on any atom is 0.124 e. The summed E-state index contributed by atoms with van der Waals surface area (Å²) in [5, 5.41) is 2.99. The van der Waals surface area contributed by atoms with Gasteiger partial charge in [0, 0.05) is 0 Å². The quantitative estimate of drug-likeness (QED) is 0.437. The lowest BCUT2D eigenvalue weighted by Gasteiger charge is -2.33. The molecule has 2 atom stereocenters. The third-order valence-corrected chi connectivity index (χ3v) is 2.07. The van der Waals surface area contributed by atoms with Crippen LogP contribution in [-0.4, -0.2) is 30.9 Å². The van der Waals surface area contributed by atoms with Crippen LogP contribution in [0.15, 0.2) is 9.98 Å². The van der Waals surface area contributed by atoms with Crippen LogP contribution in [0.4, 0.5) is 0 Å². The van der Waals surface area contributed by atoms with E-state index in [2.05, 4.69) is 15.3 Å². The molecule has 1 heterocycles. The van der Waals surface area contributed by atoms with Crippen LogP contribution in [0.3, 0.4) is 0 Å². The van der Waals surface area contributed by atoms with Crippen LogP contribution in [0.2, 0.25) is 0 Å². The van der Waals surface area contributed by atoms with Gasteiger partial charge in [-0.3, -0.25) is 4.99 Å². The summed E-state index contributed by atoms with van der Waals surface area (Å²) in [4.78, 5) is 7.79. The Morgan fingerprint density at radius 1 is 1.73 bits per heavy atom. The standard InChI is InChI=1S/C6H13N5/c1-6(9-2)4(7)10-3-11-5(6)8/h3-4,9H,7H2,1-2H3,(H2,8,10,11). The van der Waals surface area contributed by atoms with Crippen LogP contribution in [-0.2, 0) is 0 Å². The fourth-order valence-electron chi connectivity index (χ4n) is 0.878. The van der Waals surface area contributed by atoms with E-state index in [9.17, 15) is 0 Å². The summed E-state index contributed by atoms with van der Waals surface area (Å²) in [5.74, 6) is 0.475. The number of amidine groups is 1. The van der Waals surface area contributed by atoms with E-state index in [1.165, 1.54) is 6.34 Å². The highest BCUT2D eigenvalue weighted by Crippen LogP contribution is 2.11. The van der Waals surface area contributed by atoms with Crippen LogP contribution in [0.25, 0.3) is 0 Å². The number of likely N-dealkylation sites (N-methyl/N-ethyl adjacent to an activating group) is 1. The summed E-state index contributed by atoms with van der Waals surface area (Å²) in [6.45, 7) is 1.87. The molecule has 1 aliphatic heterocycles. The number of hydrogen-bond donors (Lipinski definition) is 3. The number of nitrogens with zero attached hydrogens (tertiary/aromatic N) is 2. The maximum absolute atomic E-state index is 5.69. The topological polar surface area (TPSA) is 88.8 Å². The van der Waals surface area contributed by atoms with Gasteiger partial charge in [-0.2, -0.15) is 0 Å². The minimum atomic E-state index is -0.505. The van der Waals surface area contributed by atoms with Crippen molar-refractivity contribution in [2.75, 3.05) is 7.05 Å². The Kier molecular flexibility index (Phi) is 1.92. The summed E-state index contributed by atoms with van der Waals surface area (Å²) in [6, 6.07) is 0. The third kappa shape index (κ3) is 1.12. The highest BCUT2D eigenvalue weighted by atomic mass is 15.2. The highest BCUT2D eigenvalue weighted by molar-refractivity contribution is 5.97. The molecule has 0 spiro atoms. The molecule has 5 nitrogen and oxygen atoms in total. The molecule has 0 aromatic rings. The first-order chi connectivity index (χ1) is 5.11. The number of hydrogen-bond acceptors (Lipinski definition) is 5. The van der Waals surface area contributed by atoms with Crippen molar-refractivity contribution in [1.29, 1.82) is 0 Å². The summed E-state index contributed by atoms with van der Waals surface area (Å²) in [6.07, 6.45) is 1.03. The molecule has 0 aromatic heterocycles. The van der Waals surface area contributed by atoms with Gasteiger partial charge in [0.05, 0.1) is 0 Å². The van der Waals surface area contributed by atoms with Gasteiger partial charge in [-0.1, -0.05) is 0 Å². The number of nitrogens with one attached hydrogen (secondary N) is 1. The molecule has 5 N–H and O–H groups in total. The van der Waals surface area contributed by atoms with Gasteiger partial charge in [-0.25, -0.2) is 4.99 Å². The van der Waals surface area contributed by atoms with E-state index < -0.39 is 5.54 Å². The van der Waals surface area contributed by atoms with Crippen LogP contribution >= 0.6 is 0 Å². The maximum atomic E-state index is 5.69. The van der Waals surface area contributed by atoms with E-state index in [4.69, 9.17) is 11.5 Å². The second-order valence-corrected chi connectivity index (χ2v) is 2.68. The lowest BCUT2D eigenvalue weighted by Crippen LogP contribution is -2.63. The smallest absolute Gasteiger partial charge is 0.124 e. The predicted octanol–water partition coefficient (Wildman–Crippen LogP) is -1.35. The summed E-state index contributed by atoms with van der Waals surface area (Å²) < 4.78 is 0. The Labute approximate surface area is 65.6 Å². The lowest BCUT2D eigenvalue weighted by molar-refractivity contribution is 0.417. The lowest BCUT2D eigenvalue weighted by atomic mass is 9.97. The zero-order valence-electron chi connectivity index (χ0n) is 6.70. The molecule has 0 saturated heterocycles. The van der Waals surface area contributed by atoms with Crippen LogP contribution < -0.4 is 16.8 Å². The zero-order valence-corrected chi connectivity index (χ0v) is 6.70. The molecule has 0 amide bonds. The monoisotopic (exact) mass is 155 g/mol. The zero-order chi connectivity index (χ0) is 8.48. The first kappa shape index (κ1) is 8.16. The largest absolute Gasteiger partial charge is 0.385 e. The Morgan fingerprint density at radius 3 is 2.73 bits per heavy atom. The minimum absolute atomic E-state index is 0.356. The van der Waals surface area contributed by atoms with E-state index >= 15 is 0 Å². The van der Waals surface area contributed by atoms with Crippen molar-refractivity contribution in [3.05, 3.63) is 0 Å². The molecule has 0 aromatic carbocycles. The molecule has 0 bridgehead atoms. The first-order valence-corrected chi connectivity index (χ1v) is 3.41. The normalized spacial score (nSPS) is 37.0. The van der Waals surface area contributed by atoms with Gasteiger partial charge in [0.15, 0.2) is 0 Å². The fraction of sp³-hybridized carbons (Fsp3) is 0.667. The highest BCUT2D eigenvalue weighted by Gasteiger charge is 2.35. The van der Waals surface area contributed by atoms with Crippen molar-refractivity contribution in [2.45, 2.75) is 18.6 Å². The van der Waals surface area contributed by atoms with Crippen LogP contribution in [0.5, 0.6) is 0 Å². The van der Waals surface area contributed by atoms with E-state index in [1.807, 2.05) is 6.92 Å². The van der Waals surface area contributed by atoms with Gasteiger partial charge in [0.1, 0.15) is 23.9 Å². The fourth-order valence-corrected chi connectivity index (χ4v) is 0.878. The van der Waals surface area contributed by atoms with Crippen molar-refractivity contribution in [1.82, 2.24) is 5.32 Å². The van der Waals surface area contributed by atoms with Gasteiger partial charge in [-0.05, 0) is 14.0 Å². The predicted molar refractivity (Wildman–Crippen MR) is 45.6 cm³/mol. The van der Waals surface area contributed by atoms with Gasteiger partial charge >= 0.3 is 0 Å². The van der Waals surface area contributed by atoms with Gasteiger partial charge in [0.25, 0.3) is 0 Å². The van der Waals surface area contributed by atoms with Crippen molar-refractivity contribution < 1.29 is 0 Å². The van der Waals surface area contributed by atoms with Gasteiger partial charge in [-0.15, -0.1) is 0 Å². The molecular weight excluding hydrogens is 142 g/mol. The molecule has 2 unspecified atom stereocenters. The Balaban J connectivity index is 2.94. The van der Waals surface area contributed by atoms with E-state index in [0.29, 0.717) is 5.84 Å². The summed E-state index contributed by atoms with van der Waals surface area (Å²) in [5.41, 5.74) is 10.8. The molecule has 0 fully saturated rings. The van der Waals surface area contributed by atoms with Crippen molar-refractivity contribution in [3.8, 4) is 0 Å². The van der Waals surface area contributed by atoms with Crippen molar-refractivity contribution >= 4 is 12.2 Å². The average molecular weight is 155 g/mol.